The van der Waals surface area contributed by atoms with Crippen LogP contribution in [0.2, 0.25) is 0 Å². The van der Waals surface area contributed by atoms with Gasteiger partial charge in [0.2, 0.25) is 0 Å². The minimum atomic E-state index is -0.369. The van der Waals surface area contributed by atoms with Gasteiger partial charge in [-0.3, -0.25) is 14.3 Å². The fourth-order valence-electron chi connectivity index (χ4n) is 2.89. The van der Waals surface area contributed by atoms with Crippen LogP contribution in [0, 0.1) is 0 Å². The van der Waals surface area contributed by atoms with Crippen LogP contribution in [0.15, 0.2) is 43.7 Å². The van der Waals surface area contributed by atoms with Crippen molar-refractivity contribution in [3.05, 3.63) is 61.9 Å². The Morgan fingerprint density at radius 1 is 1.28 bits per heavy atom. The number of hydrogen-bond donors (Lipinski definition) is 1. The van der Waals surface area contributed by atoms with Gasteiger partial charge in [0.05, 0.1) is 17.6 Å². The second-order valence-corrected chi connectivity index (χ2v) is 6.97. The molecule has 0 radical (unpaired) electrons. The van der Waals surface area contributed by atoms with Crippen molar-refractivity contribution in [2.24, 2.45) is 7.05 Å². The predicted octanol–water partition coefficient (Wildman–Crippen LogP) is 2.06. The van der Waals surface area contributed by atoms with Crippen molar-refractivity contribution in [3.63, 3.8) is 0 Å². The maximum atomic E-state index is 12.0. The molecular formula is C17H16N4O3S. The third kappa shape index (κ3) is 2.90. The van der Waals surface area contributed by atoms with Gasteiger partial charge in [0, 0.05) is 13.6 Å². The fraction of sp³-hybridized carbons (Fsp3) is 0.235. The van der Waals surface area contributed by atoms with Gasteiger partial charge in [-0.25, -0.2) is 9.78 Å². The van der Waals surface area contributed by atoms with Crippen LogP contribution in [0.1, 0.15) is 11.4 Å². The van der Waals surface area contributed by atoms with E-state index >= 15 is 0 Å². The van der Waals surface area contributed by atoms with Gasteiger partial charge in [0.25, 0.3) is 5.56 Å². The number of oxazole rings is 1. The number of aryl methyl sites for hydroxylation is 1. The van der Waals surface area contributed by atoms with Gasteiger partial charge in [0.1, 0.15) is 10.5 Å². The molecule has 0 bridgehead atoms. The van der Waals surface area contributed by atoms with E-state index < -0.39 is 0 Å². The van der Waals surface area contributed by atoms with E-state index in [0.717, 1.165) is 16.6 Å². The molecule has 0 aliphatic heterocycles. The van der Waals surface area contributed by atoms with Crippen LogP contribution < -0.4 is 11.3 Å². The number of aromatic amines is 1. The molecule has 0 aliphatic rings. The molecule has 0 amide bonds. The van der Waals surface area contributed by atoms with Crippen molar-refractivity contribution in [2.75, 3.05) is 7.05 Å². The molecule has 0 atom stereocenters. The number of thiophene rings is 1. The molecule has 7 nitrogen and oxygen atoms in total. The molecule has 25 heavy (non-hydrogen) atoms. The van der Waals surface area contributed by atoms with Crippen molar-refractivity contribution in [3.8, 4) is 0 Å². The molecule has 0 spiro atoms. The Balaban J connectivity index is 1.56. The van der Waals surface area contributed by atoms with Gasteiger partial charge in [-0.05, 0) is 36.2 Å². The highest BCUT2D eigenvalue weighted by Crippen LogP contribution is 2.17. The SMILES string of the molecule is CN(Cc1ccc2oc(=O)n(C)c2c1)Cc1nc2ccsc2c(=O)[nH]1. The van der Waals surface area contributed by atoms with Crippen LogP contribution in [-0.2, 0) is 20.1 Å². The first-order valence-electron chi connectivity index (χ1n) is 7.74. The molecule has 0 saturated heterocycles. The van der Waals surface area contributed by atoms with Gasteiger partial charge in [-0.15, -0.1) is 11.3 Å². The zero-order valence-corrected chi connectivity index (χ0v) is 14.6. The number of rotatable bonds is 4. The van der Waals surface area contributed by atoms with E-state index in [4.69, 9.17) is 4.42 Å². The summed E-state index contributed by atoms with van der Waals surface area (Å²) in [5.41, 5.74) is 3.02. The summed E-state index contributed by atoms with van der Waals surface area (Å²) in [5.74, 6) is 0.265. The van der Waals surface area contributed by atoms with Crippen LogP contribution in [0.25, 0.3) is 21.3 Å². The molecule has 128 valence electrons. The number of nitrogens with one attached hydrogen (secondary N) is 1. The Hall–Kier alpha value is -2.71. The van der Waals surface area contributed by atoms with E-state index in [0.29, 0.717) is 29.2 Å². The minimum absolute atomic E-state index is 0.0989. The highest BCUT2D eigenvalue weighted by atomic mass is 32.1. The third-order valence-electron chi connectivity index (χ3n) is 4.09. The quantitative estimate of drug-likeness (QED) is 0.605. The Morgan fingerprint density at radius 3 is 2.96 bits per heavy atom. The molecule has 8 heteroatoms. The number of nitrogens with zero attached hydrogens (tertiary/aromatic N) is 3. The molecule has 0 unspecified atom stereocenters. The Bertz CT molecular complexity index is 1180. The maximum absolute atomic E-state index is 12.0. The lowest BCUT2D eigenvalue weighted by Crippen LogP contribution is -2.21. The summed E-state index contributed by atoms with van der Waals surface area (Å²) in [7, 11) is 3.64. The number of benzene rings is 1. The molecule has 0 saturated carbocycles. The molecule has 3 heterocycles. The van der Waals surface area contributed by atoms with Crippen molar-refractivity contribution in [1.29, 1.82) is 0 Å². The fourth-order valence-corrected chi connectivity index (χ4v) is 3.62. The smallest absolute Gasteiger partial charge is 0.408 e. The van der Waals surface area contributed by atoms with E-state index in [-0.39, 0.29) is 11.3 Å². The maximum Gasteiger partial charge on any atom is 0.419 e. The van der Waals surface area contributed by atoms with E-state index in [9.17, 15) is 9.59 Å². The van der Waals surface area contributed by atoms with Crippen LogP contribution in [0.4, 0.5) is 0 Å². The van der Waals surface area contributed by atoms with Crippen molar-refractivity contribution in [2.45, 2.75) is 13.1 Å². The van der Waals surface area contributed by atoms with E-state index in [1.165, 1.54) is 15.9 Å². The van der Waals surface area contributed by atoms with E-state index in [1.54, 1.807) is 13.1 Å². The van der Waals surface area contributed by atoms with Crippen molar-refractivity contribution >= 4 is 32.7 Å². The van der Waals surface area contributed by atoms with Gasteiger partial charge < -0.3 is 9.40 Å². The molecule has 1 aromatic carbocycles. The van der Waals surface area contributed by atoms with Crippen molar-refractivity contribution < 1.29 is 4.42 Å². The van der Waals surface area contributed by atoms with Crippen LogP contribution in [0.3, 0.4) is 0 Å². The highest BCUT2D eigenvalue weighted by Gasteiger charge is 2.10. The summed E-state index contributed by atoms with van der Waals surface area (Å²) in [5, 5.41) is 1.87. The first-order valence-corrected chi connectivity index (χ1v) is 8.62. The van der Waals surface area contributed by atoms with E-state index in [2.05, 4.69) is 14.9 Å². The molecule has 4 rings (SSSR count). The zero-order valence-electron chi connectivity index (χ0n) is 13.8. The molecule has 0 aliphatic carbocycles. The van der Waals surface area contributed by atoms with Crippen molar-refractivity contribution in [1.82, 2.24) is 19.4 Å². The normalized spacial score (nSPS) is 11.8. The lowest BCUT2D eigenvalue weighted by Gasteiger charge is -2.16. The summed E-state index contributed by atoms with van der Waals surface area (Å²) in [6.07, 6.45) is 0. The van der Waals surface area contributed by atoms with Gasteiger partial charge in [-0.2, -0.15) is 0 Å². The average Bonchev–Trinajstić information content (AvgIpc) is 3.14. The standard InChI is InChI=1S/C17H16N4O3S/c1-20(9-14-18-11-5-6-25-15(11)16(22)19-14)8-10-3-4-13-12(7-10)21(2)17(23)24-13/h3-7H,8-9H2,1-2H3,(H,18,19,22). The summed E-state index contributed by atoms with van der Waals surface area (Å²) in [4.78, 5) is 33.0. The van der Waals surface area contributed by atoms with Gasteiger partial charge >= 0.3 is 5.76 Å². The summed E-state index contributed by atoms with van der Waals surface area (Å²) < 4.78 is 7.28. The topological polar surface area (TPSA) is 84.1 Å². The van der Waals surface area contributed by atoms with Gasteiger partial charge in [-0.1, -0.05) is 6.07 Å². The van der Waals surface area contributed by atoms with Crippen LogP contribution in [0.5, 0.6) is 0 Å². The molecule has 1 N–H and O–H groups in total. The second-order valence-electron chi connectivity index (χ2n) is 6.05. The molecular weight excluding hydrogens is 340 g/mol. The molecule has 4 aromatic rings. The first kappa shape index (κ1) is 15.8. The Morgan fingerprint density at radius 2 is 2.12 bits per heavy atom. The predicted molar refractivity (Wildman–Crippen MR) is 96.9 cm³/mol. The third-order valence-corrected chi connectivity index (χ3v) is 4.99. The first-order chi connectivity index (χ1) is 12.0. The largest absolute Gasteiger partial charge is 0.419 e. The van der Waals surface area contributed by atoms with Gasteiger partial charge in [0.15, 0.2) is 5.58 Å². The Kier molecular flexibility index (Phi) is 3.78. The number of H-pyrrole nitrogens is 1. The molecule has 0 fully saturated rings. The second kappa shape index (κ2) is 5.98. The summed E-state index contributed by atoms with van der Waals surface area (Å²) in [6, 6.07) is 7.53. The lowest BCUT2D eigenvalue weighted by molar-refractivity contribution is 0.311. The monoisotopic (exact) mass is 356 g/mol. The average molecular weight is 356 g/mol. The minimum Gasteiger partial charge on any atom is -0.408 e. The zero-order chi connectivity index (χ0) is 17.6. The van der Waals surface area contributed by atoms with Crippen LogP contribution in [-0.4, -0.2) is 26.5 Å². The molecule has 3 aromatic heterocycles. The summed E-state index contributed by atoms with van der Waals surface area (Å²) >= 11 is 1.39. The van der Waals surface area contributed by atoms with Crippen LogP contribution >= 0.6 is 11.3 Å². The lowest BCUT2D eigenvalue weighted by atomic mass is 10.2. The number of fused-ring (bicyclic) bond motifs is 2. The Labute approximate surface area is 146 Å². The summed E-state index contributed by atoms with van der Waals surface area (Å²) in [6.45, 7) is 1.17. The highest BCUT2D eigenvalue weighted by molar-refractivity contribution is 7.17. The number of hydrogen-bond acceptors (Lipinski definition) is 6. The number of aromatic nitrogens is 3. The van der Waals surface area contributed by atoms with E-state index in [1.807, 2.05) is 30.6 Å².